The molecule has 158 valence electrons. The molecule has 1 aromatic rings. The first-order valence-corrected chi connectivity index (χ1v) is 11.0. The molecule has 2 N–H and O–H groups in total. The maximum absolute atomic E-state index is 12.9. The second-order valence-electron chi connectivity index (χ2n) is 7.38. The van der Waals surface area contributed by atoms with Gasteiger partial charge in [-0.1, -0.05) is 13.8 Å². The van der Waals surface area contributed by atoms with Crippen molar-refractivity contribution in [3.8, 4) is 11.5 Å². The highest BCUT2D eigenvalue weighted by atomic mass is 32.2. The van der Waals surface area contributed by atoms with E-state index >= 15 is 0 Å². The average Bonchev–Trinajstić information content (AvgIpc) is 2.67. The molecule has 1 heterocycles. The van der Waals surface area contributed by atoms with Crippen molar-refractivity contribution in [2.75, 3.05) is 53.5 Å². The zero-order valence-electron chi connectivity index (χ0n) is 17.2. The molecule has 1 fully saturated rings. The molecule has 1 aliphatic rings. The van der Waals surface area contributed by atoms with Gasteiger partial charge in [0.2, 0.25) is 10.0 Å². The third-order valence-corrected chi connectivity index (χ3v) is 6.77. The molecule has 0 saturated carbocycles. The molecular weight excluding hydrogens is 382 g/mol. The highest BCUT2D eigenvalue weighted by Crippen LogP contribution is 2.30. The summed E-state index contributed by atoms with van der Waals surface area (Å²) in [6.07, 6.45) is 0.957. The number of quaternary nitrogens is 1. The number of ether oxygens (including phenoxy) is 2. The normalized spacial score (nSPS) is 16.2. The number of benzene rings is 1. The topological polar surface area (TPSA) is 89.4 Å². The van der Waals surface area contributed by atoms with Gasteiger partial charge in [0.15, 0.2) is 18.0 Å². The number of hydrogen-bond acceptors (Lipinski definition) is 5. The third-order valence-electron chi connectivity index (χ3n) is 4.88. The van der Waals surface area contributed by atoms with Crippen LogP contribution in [0, 0.1) is 5.92 Å². The van der Waals surface area contributed by atoms with Crippen LogP contribution in [0.2, 0.25) is 0 Å². The van der Waals surface area contributed by atoms with Gasteiger partial charge in [-0.2, -0.15) is 4.31 Å². The van der Waals surface area contributed by atoms with Gasteiger partial charge in [0, 0.05) is 12.6 Å². The van der Waals surface area contributed by atoms with Crippen molar-refractivity contribution in [3.63, 3.8) is 0 Å². The van der Waals surface area contributed by atoms with Gasteiger partial charge >= 0.3 is 0 Å². The molecule has 0 unspecified atom stereocenters. The van der Waals surface area contributed by atoms with E-state index in [2.05, 4.69) is 19.2 Å². The number of nitrogens with one attached hydrogen (secondary N) is 2. The van der Waals surface area contributed by atoms with E-state index < -0.39 is 10.0 Å². The number of carbonyl (C=O) groups is 1. The number of rotatable bonds is 9. The number of hydrogen-bond donors (Lipinski definition) is 2. The monoisotopic (exact) mass is 414 g/mol. The Hall–Kier alpha value is -1.84. The van der Waals surface area contributed by atoms with Crippen LogP contribution < -0.4 is 19.7 Å². The third kappa shape index (κ3) is 5.83. The van der Waals surface area contributed by atoms with Gasteiger partial charge in [-0.15, -0.1) is 0 Å². The lowest BCUT2D eigenvalue weighted by Gasteiger charge is -2.31. The fourth-order valence-corrected chi connectivity index (χ4v) is 4.59. The molecule has 0 aliphatic carbocycles. The summed E-state index contributed by atoms with van der Waals surface area (Å²) >= 11 is 0. The predicted molar refractivity (Wildman–Crippen MR) is 106 cm³/mol. The molecule has 1 saturated heterocycles. The average molecular weight is 415 g/mol. The second kappa shape index (κ2) is 10.1. The summed E-state index contributed by atoms with van der Waals surface area (Å²) in [7, 11) is -0.630. The van der Waals surface area contributed by atoms with E-state index in [1.807, 2.05) is 0 Å². The fourth-order valence-electron chi connectivity index (χ4n) is 3.14. The summed E-state index contributed by atoms with van der Waals surface area (Å²) in [4.78, 5) is 13.3. The van der Waals surface area contributed by atoms with Crippen LogP contribution >= 0.6 is 0 Å². The number of carbonyl (C=O) groups excluding carboxylic acids is 1. The van der Waals surface area contributed by atoms with E-state index in [0.717, 1.165) is 11.3 Å². The second-order valence-corrected chi connectivity index (χ2v) is 9.32. The van der Waals surface area contributed by atoms with Crippen molar-refractivity contribution in [2.45, 2.75) is 25.2 Å². The molecular formula is C19H32N3O5S+. The van der Waals surface area contributed by atoms with Crippen molar-refractivity contribution in [1.82, 2.24) is 9.62 Å². The van der Waals surface area contributed by atoms with Gasteiger partial charge in [-0.25, -0.2) is 8.42 Å². The maximum atomic E-state index is 12.9. The van der Waals surface area contributed by atoms with Gasteiger partial charge in [0.05, 0.1) is 45.3 Å². The minimum absolute atomic E-state index is 0.0202. The van der Waals surface area contributed by atoms with Crippen molar-refractivity contribution < 1.29 is 27.6 Å². The lowest BCUT2D eigenvalue weighted by molar-refractivity contribution is -0.895. The summed E-state index contributed by atoms with van der Waals surface area (Å²) in [5.41, 5.74) is 0. The number of sulfonamides is 1. The van der Waals surface area contributed by atoms with Gasteiger partial charge in [0.1, 0.15) is 0 Å². The first-order chi connectivity index (χ1) is 13.3. The Kier molecular flexibility index (Phi) is 8.09. The quantitative estimate of drug-likeness (QED) is 0.582. The van der Waals surface area contributed by atoms with E-state index in [-0.39, 0.29) is 10.8 Å². The minimum Gasteiger partial charge on any atom is -0.493 e. The molecule has 9 heteroatoms. The Labute approximate surface area is 167 Å². The van der Waals surface area contributed by atoms with Crippen LogP contribution in [0.15, 0.2) is 23.1 Å². The largest absolute Gasteiger partial charge is 0.493 e. The molecule has 1 aromatic carbocycles. The maximum Gasteiger partial charge on any atom is 0.275 e. The SMILES string of the molecule is COc1ccc(S(=O)(=O)N2CC[NH+](CC(=O)NCCC(C)C)CC2)cc1OC. The summed E-state index contributed by atoms with van der Waals surface area (Å²) in [6.45, 7) is 7.27. The summed E-state index contributed by atoms with van der Waals surface area (Å²) in [6, 6.07) is 4.60. The lowest BCUT2D eigenvalue weighted by atomic mass is 10.1. The highest BCUT2D eigenvalue weighted by Gasteiger charge is 2.31. The number of nitrogens with zero attached hydrogens (tertiary/aromatic N) is 1. The van der Waals surface area contributed by atoms with Crippen molar-refractivity contribution >= 4 is 15.9 Å². The predicted octanol–water partition coefficient (Wildman–Crippen LogP) is -0.245. The summed E-state index contributed by atoms with van der Waals surface area (Å²) < 4.78 is 37.7. The van der Waals surface area contributed by atoms with Crippen LogP contribution in [-0.4, -0.2) is 72.1 Å². The molecule has 0 radical (unpaired) electrons. The van der Waals surface area contributed by atoms with Crippen LogP contribution in [0.5, 0.6) is 11.5 Å². The van der Waals surface area contributed by atoms with Crippen LogP contribution in [0.4, 0.5) is 0 Å². The molecule has 0 aromatic heterocycles. The van der Waals surface area contributed by atoms with Crippen molar-refractivity contribution in [2.24, 2.45) is 5.92 Å². The Bertz CT molecular complexity index is 759. The minimum atomic E-state index is -3.61. The van der Waals surface area contributed by atoms with Crippen LogP contribution in [0.25, 0.3) is 0 Å². The zero-order chi connectivity index (χ0) is 20.7. The Balaban J connectivity index is 1.92. The van der Waals surface area contributed by atoms with Crippen molar-refractivity contribution in [1.29, 1.82) is 0 Å². The Morgan fingerprint density at radius 1 is 1.18 bits per heavy atom. The van der Waals surface area contributed by atoms with E-state index in [9.17, 15) is 13.2 Å². The Morgan fingerprint density at radius 3 is 2.39 bits per heavy atom. The molecule has 8 nitrogen and oxygen atoms in total. The molecule has 2 rings (SSSR count). The lowest BCUT2D eigenvalue weighted by Crippen LogP contribution is -3.15. The fraction of sp³-hybridized carbons (Fsp3) is 0.632. The zero-order valence-corrected chi connectivity index (χ0v) is 18.0. The van der Waals surface area contributed by atoms with E-state index in [4.69, 9.17) is 9.47 Å². The van der Waals surface area contributed by atoms with Crippen molar-refractivity contribution in [3.05, 3.63) is 18.2 Å². The molecule has 0 spiro atoms. The first-order valence-electron chi connectivity index (χ1n) is 9.60. The van der Waals surface area contributed by atoms with E-state index in [1.54, 1.807) is 6.07 Å². The van der Waals surface area contributed by atoms with Gasteiger partial charge in [-0.05, 0) is 24.5 Å². The number of piperazine rings is 1. The number of methoxy groups -OCH3 is 2. The smallest absolute Gasteiger partial charge is 0.275 e. The van der Waals surface area contributed by atoms with Gasteiger partial charge in [-0.3, -0.25) is 4.79 Å². The van der Waals surface area contributed by atoms with Crippen LogP contribution in [-0.2, 0) is 14.8 Å². The highest BCUT2D eigenvalue weighted by molar-refractivity contribution is 7.89. The van der Waals surface area contributed by atoms with Crippen LogP contribution in [0.3, 0.4) is 0 Å². The van der Waals surface area contributed by atoms with E-state index in [0.29, 0.717) is 56.7 Å². The standard InChI is InChI=1S/C19H31N3O5S/c1-15(2)7-8-20-19(23)14-21-9-11-22(12-10-21)28(24,25)16-5-6-17(26-3)18(13-16)27-4/h5-6,13,15H,7-12,14H2,1-4H3,(H,20,23)/p+1. The summed E-state index contributed by atoms with van der Waals surface area (Å²) in [5, 5.41) is 2.93. The molecule has 0 bridgehead atoms. The summed E-state index contributed by atoms with van der Waals surface area (Å²) in [5.74, 6) is 1.44. The Morgan fingerprint density at radius 2 is 1.82 bits per heavy atom. The molecule has 28 heavy (non-hydrogen) atoms. The number of amides is 1. The molecule has 0 atom stereocenters. The molecule has 1 aliphatic heterocycles. The van der Waals surface area contributed by atoms with Gasteiger partial charge < -0.3 is 19.7 Å². The van der Waals surface area contributed by atoms with Crippen LogP contribution in [0.1, 0.15) is 20.3 Å². The molecule has 1 amide bonds. The van der Waals surface area contributed by atoms with Gasteiger partial charge in [0.25, 0.3) is 5.91 Å². The van der Waals surface area contributed by atoms with E-state index in [1.165, 1.54) is 30.7 Å². The first kappa shape index (κ1) is 22.4.